The molecule has 0 aromatic carbocycles. The Morgan fingerprint density at radius 3 is 2.71 bits per heavy atom. The van der Waals surface area contributed by atoms with Crippen LogP contribution in [0.5, 0.6) is 0 Å². The smallest absolute Gasteiger partial charge is 0.220 e. The average Bonchev–Trinajstić information content (AvgIpc) is 2.45. The molecule has 1 aliphatic heterocycles. The third kappa shape index (κ3) is 3.76. The summed E-state index contributed by atoms with van der Waals surface area (Å²) in [5.41, 5.74) is 1.21. The van der Waals surface area contributed by atoms with Gasteiger partial charge in [0.15, 0.2) is 0 Å². The number of piperidine rings is 1. The Morgan fingerprint density at radius 1 is 1.33 bits per heavy atom. The summed E-state index contributed by atoms with van der Waals surface area (Å²) in [6.45, 7) is 2.04. The fourth-order valence-corrected chi connectivity index (χ4v) is 3.60. The minimum Gasteiger partial charge on any atom is -0.371 e. The highest BCUT2D eigenvalue weighted by molar-refractivity contribution is 9.10. The highest BCUT2D eigenvalue weighted by Gasteiger charge is 2.25. The fourth-order valence-electron chi connectivity index (χ4n) is 3.10. The van der Waals surface area contributed by atoms with Gasteiger partial charge in [0.05, 0.1) is 10.2 Å². The zero-order chi connectivity index (χ0) is 14.7. The van der Waals surface area contributed by atoms with E-state index in [9.17, 15) is 4.79 Å². The number of nitrogens with one attached hydrogen (secondary N) is 1. The predicted octanol–water partition coefficient (Wildman–Crippen LogP) is 3.12. The summed E-state index contributed by atoms with van der Waals surface area (Å²) in [6, 6.07) is 2.51. The molecule has 0 atom stereocenters. The number of nitrogens with zero attached hydrogens (tertiary/aromatic N) is 2. The second-order valence-corrected chi connectivity index (χ2v) is 7.01. The third-order valence-corrected chi connectivity index (χ3v) is 5.26. The maximum atomic E-state index is 12.0. The molecule has 2 heterocycles. The molecule has 114 valence electrons. The molecule has 3 rings (SSSR count). The van der Waals surface area contributed by atoms with Crippen molar-refractivity contribution in [1.29, 1.82) is 0 Å². The van der Waals surface area contributed by atoms with Crippen LogP contribution in [0.2, 0.25) is 0 Å². The summed E-state index contributed by atoms with van der Waals surface area (Å²) in [4.78, 5) is 18.5. The van der Waals surface area contributed by atoms with Crippen LogP contribution in [0.15, 0.2) is 22.9 Å². The van der Waals surface area contributed by atoms with Crippen molar-refractivity contribution in [2.75, 3.05) is 18.0 Å². The topological polar surface area (TPSA) is 45.2 Å². The molecule has 4 nitrogen and oxygen atoms in total. The van der Waals surface area contributed by atoms with Crippen molar-refractivity contribution >= 4 is 27.5 Å². The Morgan fingerprint density at radius 2 is 2.10 bits per heavy atom. The van der Waals surface area contributed by atoms with Gasteiger partial charge in [-0.3, -0.25) is 9.78 Å². The van der Waals surface area contributed by atoms with E-state index in [1.165, 1.54) is 24.9 Å². The number of pyridine rings is 1. The number of carbonyl (C=O) groups excluding carboxylic acids is 1. The summed E-state index contributed by atoms with van der Waals surface area (Å²) in [6.07, 6.45) is 10.2. The van der Waals surface area contributed by atoms with E-state index in [1.54, 1.807) is 0 Å². The Balaban J connectivity index is 1.46. The minimum absolute atomic E-state index is 0.253. The van der Waals surface area contributed by atoms with Crippen molar-refractivity contribution in [2.24, 2.45) is 5.92 Å². The lowest BCUT2D eigenvalue weighted by molar-refractivity contribution is -0.123. The van der Waals surface area contributed by atoms with Crippen LogP contribution in [-0.4, -0.2) is 30.0 Å². The van der Waals surface area contributed by atoms with Crippen LogP contribution in [0.1, 0.15) is 38.5 Å². The van der Waals surface area contributed by atoms with E-state index in [-0.39, 0.29) is 5.91 Å². The first-order valence-electron chi connectivity index (χ1n) is 7.86. The number of aromatic nitrogens is 1. The van der Waals surface area contributed by atoms with E-state index in [2.05, 4.69) is 31.1 Å². The van der Waals surface area contributed by atoms with Crippen molar-refractivity contribution in [3.05, 3.63) is 22.9 Å². The molecule has 5 heteroatoms. The van der Waals surface area contributed by atoms with Gasteiger partial charge in [0, 0.05) is 37.9 Å². The zero-order valence-corrected chi connectivity index (χ0v) is 13.8. The van der Waals surface area contributed by atoms with Crippen LogP contribution in [0.4, 0.5) is 5.69 Å². The molecular weight excluding hydrogens is 330 g/mol. The number of anilines is 1. The van der Waals surface area contributed by atoms with Crippen molar-refractivity contribution < 1.29 is 4.79 Å². The third-order valence-electron chi connectivity index (χ3n) is 4.65. The summed E-state index contributed by atoms with van der Waals surface area (Å²) in [7, 11) is 0. The molecule has 1 aromatic heterocycles. The first kappa shape index (κ1) is 14.8. The summed E-state index contributed by atoms with van der Waals surface area (Å²) >= 11 is 3.56. The maximum Gasteiger partial charge on any atom is 0.220 e. The number of carbonyl (C=O) groups is 1. The van der Waals surface area contributed by atoms with Crippen LogP contribution >= 0.6 is 15.9 Å². The highest BCUT2D eigenvalue weighted by Crippen LogP contribution is 2.30. The quantitative estimate of drug-likeness (QED) is 0.906. The van der Waals surface area contributed by atoms with E-state index in [0.29, 0.717) is 18.4 Å². The molecule has 0 unspecified atom stereocenters. The molecule has 1 saturated carbocycles. The second-order valence-electron chi connectivity index (χ2n) is 6.16. The normalized spacial score (nSPS) is 20.1. The van der Waals surface area contributed by atoms with Crippen LogP contribution in [0, 0.1) is 5.92 Å². The van der Waals surface area contributed by atoms with Gasteiger partial charge in [0.1, 0.15) is 0 Å². The molecule has 0 radical (unpaired) electrons. The largest absolute Gasteiger partial charge is 0.371 e. The second kappa shape index (κ2) is 6.77. The Bertz CT molecular complexity index is 496. The SMILES string of the molecule is O=C(CC1CCN(c2ccncc2Br)CC1)NC1CCC1. The van der Waals surface area contributed by atoms with Crippen molar-refractivity contribution in [3.63, 3.8) is 0 Å². The Labute approximate surface area is 134 Å². The van der Waals surface area contributed by atoms with Gasteiger partial charge in [-0.05, 0) is 60.0 Å². The first-order valence-corrected chi connectivity index (χ1v) is 8.65. The average molecular weight is 352 g/mol. The molecule has 1 saturated heterocycles. The maximum absolute atomic E-state index is 12.0. The molecule has 0 bridgehead atoms. The monoisotopic (exact) mass is 351 g/mol. The Hall–Kier alpha value is -1.10. The summed E-state index contributed by atoms with van der Waals surface area (Å²) in [5.74, 6) is 0.783. The first-order chi connectivity index (χ1) is 10.2. The molecule has 1 N–H and O–H groups in total. The molecule has 2 aliphatic rings. The molecule has 21 heavy (non-hydrogen) atoms. The van der Waals surface area contributed by atoms with E-state index in [1.807, 2.05) is 18.5 Å². The Kier molecular flexibility index (Phi) is 4.78. The molecular formula is C16H22BrN3O. The molecule has 1 amide bonds. The molecule has 2 fully saturated rings. The number of rotatable bonds is 4. The minimum atomic E-state index is 0.253. The van der Waals surface area contributed by atoms with Crippen molar-refractivity contribution in [1.82, 2.24) is 10.3 Å². The lowest BCUT2D eigenvalue weighted by Gasteiger charge is -2.34. The number of halogens is 1. The number of hydrogen-bond donors (Lipinski definition) is 1. The van der Waals surface area contributed by atoms with Crippen LogP contribution < -0.4 is 10.2 Å². The van der Waals surface area contributed by atoms with Crippen LogP contribution in [-0.2, 0) is 4.79 Å². The molecule has 0 spiro atoms. The lowest BCUT2D eigenvalue weighted by Crippen LogP contribution is -2.41. The standard InChI is InChI=1S/C16H22BrN3O/c17-14-11-18-7-4-15(14)20-8-5-12(6-9-20)10-16(21)19-13-2-1-3-13/h4,7,11-13H,1-3,5-6,8-10H2,(H,19,21). The van der Waals surface area contributed by atoms with Crippen LogP contribution in [0.3, 0.4) is 0 Å². The number of hydrogen-bond acceptors (Lipinski definition) is 3. The van der Waals surface area contributed by atoms with Gasteiger partial charge in [-0.1, -0.05) is 0 Å². The highest BCUT2D eigenvalue weighted by atomic mass is 79.9. The van der Waals surface area contributed by atoms with Gasteiger partial charge in [-0.25, -0.2) is 0 Å². The van der Waals surface area contributed by atoms with Crippen molar-refractivity contribution in [2.45, 2.75) is 44.6 Å². The van der Waals surface area contributed by atoms with Gasteiger partial charge in [-0.15, -0.1) is 0 Å². The van der Waals surface area contributed by atoms with E-state index in [0.717, 1.165) is 30.4 Å². The van der Waals surface area contributed by atoms with E-state index >= 15 is 0 Å². The summed E-state index contributed by atoms with van der Waals surface area (Å²) in [5, 5.41) is 3.15. The van der Waals surface area contributed by atoms with Crippen molar-refractivity contribution in [3.8, 4) is 0 Å². The summed E-state index contributed by atoms with van der Waals surface area (Å²) < 4.78 is 1.05. The van der Waals surface area contributed by atoms with Gasteiger partial charge in [0.2, 0.25) is 5.91 Å². The van der Waals surface area contributed by atoms with E-state index < -0.39 is 0 Å². The van der Waals surface area contributed by atoms with Gasteiger partial charge < -0.3 is 10.2 Å². The zero-order valence-electron chi connectivity index (χ0n) is 12.2. The lowest BCUT2D eigenvalue weighted by atomic mass is 9.90. The molecule has 1 aromatic rings. The van der Waals surface area contributed by atoms with Gasteiger partial charge in [0.25, 0.3) is 0 Å². The fraction of sp³-hybridized carbons (Fsp3) is 0.625. The van der Waals surface area contributed by atoms with E-state index in [4.69, 9.17) is 0 Å². The van der Waals surface area contributed by atoms with Crippen LogP contribution in [0.25, 0.3) is 0 Å². The van der Waals surface area contributed by atoms with Gasteiger partial charge in [-0.2, -0.15) is 0 Å². The van der Waals surface area contributed by atoms with Gasteiger partial charge >= 0.3 is 0 Å². The number of amides is 1. The molecule has 1 aliphatic carbocycles. The predicted molar refractivity (Wildman–Crippen MR) is 87.3 cm³/mol.